The summed E-state index contributed by atoms with van der Waals surface area (Å²) in [5, 5.41) is 2.43. The van der Waals surface area contributed by atoms with E-state index in [9.17, 15) is 18.0 Å². The van der Waals surface area contributed by atoms with Gasteiger partial charge in [0, 0.05) is 32.7 Å². The van der Waals surface area contributed by atoms with Gasteiger partial charge in [-0.1, -0.05) is 30.3 Å². The van der Waals surface area contributed by atoms with Crippen LogP contribution in [0.4, 0.5) is 5.69 Å². The number of benzene rings is 2. The molecule has 1 saturated heterocycles. The first kappa shape index (κ1) is 17.8. The van der Waals surface area contributed by atoms with Crippen LogP contribution in [0, 0.1) is 0 Å². The number of Topliss-reactive ketones (excluding diaryl/α,β-unsaturated/α-hetero) is 1. The fourth-order valence-electron chi connectivity index (χ4n) is 3.40. The molecule has 0 atom stereocenters. The number of piperazine rings is 1. The van der Waals surface area contributed by atoms with Gasteiger partial charge in [0.1, 0.15) is 0 Å². The third-order valence-electron chi connectivity index (χ3n) is 4.91. The first-order valence-corrected chi connectivity index (χ1v) is 10.2. The van der Waals surface area contributed by atoms with Crippen LogP contribution in [0.5, 0.6) is 0 Å². The zero-order valence-electron chi connectivity index (χ0n) is 14.6. The number of rotatable bonds is 4. The summed E-state index contributed by atoms with van der Waals surface area (Å²) in [5.41, 5.74) is 1.67. The van der Waals surface area contributed by atoms with Gasteiger partial charge in [-0.25, -0.2) is 8.42 Å². The van der Waals surface area contributed by atoms with Crippen molar-refractivity contribution in [2.24, 2.45) is 0 Å². The summed E-state index contributed by atoms with van der Waals surface area (Å²) in [5.74, 6) is -1.43. The van der Waals surface area contributed by atoms with Gasteiger partial charge in [-0.3, -0.25) is 14.5 Å². The first-order valence-electron chi connectivity index (χ1n) is 8.71. The molecular formula is C19H19N3O4S. The molecule has 0 bridgehead atoms. The SMILES string of the molecule is O=C1Nc2ccc(S(=O)(=O)N3CCN(Cc4ccccc4)CC3)cc2C1=O. The van der Waals surface area contributed by atoms with Crippen LogP contribution in [0.1, 0.15) is 15.9 Å². The number of ketones is 1. The lowest BCUT2D eigenvalue weighted by Gasteiger charge is -2.34. The number of carbonyl (C=O) groups excluding carboxylic acids is 2. The number of amides is 1. The van der Waals surface area contributed by atoms with E-state index < -0.39 is 21.7 Å². The van der Waals surface area contributed by atoms with E-state index in [1.54, 1.807) is 0 Å². The molecule has 140 valence electrons. The van der Waals surface area contributed by atoms with Gasteiger partial charge in [0.05, 0.1) is 16.1 Å². The van der Waals surface area contributed by atoms with Crippen molar-refractivity contribution < 1.29 is 18.0 Å². The van der Waals surface area contributed by atoms with Crippen LogP contribution in [0.25, 0.3) is 0 Å². The summed E-state index contributed by atoms with van der Waals surface area (Å²) < 4.78 is 27.3. The zero-order chi connectivity index (χ0) is 19.0. The molecule has 0 aromatic heterocycles. The van der Waals surface area contributed by atoms with E-state index in [0.29, 0.717) is 31.9 Å². The lowest BCUT2D eigenvalue weighted by atomic mass is 10.1. The summed E-state index contributed by atoms with van der Waals surface area (Å²) in [6.45, 7) is 2.83. The maximum atomic E-state index is 12.9. The van der Waals surface area contributed by atoms with Gasteiger partial charge in [0.25, 0.3) is 11.7 Å². The molecule has 2 aliphatic rings. The third-order valence-corrected chi connectivity index (χ3v) is 6.80. The molecule has 7 nitrogen and oxygen atoms in total. The highest BCUT2D eigenvalue weighted by molar-refractivity contribution is 7.89. The molecule has 1 N–H and O–H groups in total. The van der Waals surface area contributed by atoms with Gasteiger partial charge in [0.15, 0.2) is 0 Å². The van der Waals surface area contributed by atoms with E-state index in [4.69, 9.17) is 0 Å². The summed E-state index contributed by atoms with van der Waals surface area (Å²) in [6, 6.07) is 14.3. The molecule has 0 spiro atoms. The summed E-state index contributed by atoms with van der Waals surface area (Å²) in [4.78, 5) is 25.6. The van der Waals surface area contributed by atoms with Gasteiger partial charge in [0.2, 0.25) is 10.0 Å². The average Bonchev–Trinajstić information content (AvgIpc) is 2.97. The van der Waals surface area contributed by atoms with E-state index in [-0.39, 0.29) is 10.5 Å². The molecule has 2 aromatic carbocycles. The van der Waals surface area contributed by atoms with E-state index in [0.717, 1.165) is 6.54 Å². The van der Waals surface area contributed by atoms with Gasteiger partial charge >= 0.3 is 0 Å². The summed E-state index contributed by atoms with van der Waals surface area (Å²) in [7, 11) is -3.71. The molecule has 0 saturated carbocycles. The van der Waals surface area contributed by atoms with Crippen LogP contribution in [-0.4, -0.2) is 55.5 Å². The standard InChI is InChI=1S/C19H19N3O4S/c23-18-16-12-15(6-7-17(16)20-19(18)24)27(25,26)22-10-8-21(9-11-22)13-14-4-2-1-3-5-14/h1-7,12H,8-11,13H2,(H,20,23,24). The Bertz CT molecular complexity index is 997. The Labute approximate surface area is 157 Å². The van der Waals surface area contributed by atoms with Crippen LogP contribution in [0.15, 0.2) is 53.4 Å². The minimum absolute atomic E-state index is 0.0441. The number of hydrogen-bond acceptors (Lipinski definition) is 5. The molecule has 0 radical (unpaired) electrons. The molecule has 2 aromatic rings. The second kappa shape index (κ2) is 6.88. The van der Waals surface area contributed by atoms with Gasteiger partial charge in [-0.2, -0.15) is 4.31 Å². The zero-order valence-corrected chi connectivity index (χ0v) is 15.4. The number of carbonyl (C=O) groups is 2. The quantitative estimate of drug-likeness (QED) is 0.803. The topological polar surface area (TPSA) is 86.8 Å². The Morgan fingerprint density at radius 1 is 0.926 bits per heavy atom. The molecular weight excluding hydrogens is 366 g/mol. The molecule has 0 aliphatic carbocycles. The van der Waals surface area contributed by atoms with Crippen LogP contribution in [-0.2, 0) is 21.4 Å². The molecule has 8 heteroatoms. The Morgan fingerprint density at radius 3 is 2.33 bits per heavy atom. The minimum atomic E-state index is -3.71. The van der Waals surface area contributed by atoms with Crippen molar-refractivity contribution in [1.29, 1.82) is 0 Å². The predicted molar refractivity (Wildman–Crippen MR) is 99.9 cm³/mol. The molecule has 2 aliphatic heterocycles. The maximum Gasteiger partial charge on any atom is 0.296 e. The number of fused-ring (bicyclic) bond motifs is 1. The highest BCUT2D eigenvalue weighted by Crippen LogP contribution is 2.27. The fraction of sp³-hybridized carbons (Fsp3) is 0.263. The second-order valence-electron chi connectivity index (χ2n) is 6.66. The number of sulfonamides is 1. The Kier molecular flexibility index (Phi) is 4.55. The minimum Gasteiger partial charge on any atom is -0.318 e. The van der Waals surface area contributed by atoms with Crippen molar-refractivity contribution in [2.75, 3.05) is 31.5 Å². The highest BCUT2D eigenvalue weighted by Gasteiger charge is 2.33. The van der Waals surface area contributed by atoms with E-state index in [1.165, 1.54) is 28.1 Å². The average molecular weight is 385 g/mol. The maximum absolute atomic E-state index is 12.9. The molecule has 1 amide bonds. The molecule has 27 heavy (non-hydrogen) atoms. The fourth-order valence-corrected chi connectivity index (χ4v) is 4.85. The largest absolute Gasteiger partial charge is 0.318 e. The van der Waals surface area contributed by atoms with Crippen LogP contribution >= 0.6 is 0 Å². The van der Waals surface area contributed by atoms with Crippen LogP contribution in [0.3, 0.4) is 0 Å². The lowest BCUT2D eigenvalue weighted by molar-refractivity contribution is -0.112. The normalized spacial score (nSPS) is 18.4. The van der Waals surface area contributed by atoms with E-state index >= 15 is 0 Å². The van der Waals surface area contributed by atoms with Crippen molar-refractivity contribution in [3.05, 3.63) is 59.7 Å². The third kappa shape index (κ3) is 3.39. The second-order valence-corrected chi connectivity index (χ2v) is 8.59. The predicted octanol–water partition coefficient (Wildman–Crippen LogP) is 1.33. The summed E-state index contributed by atoms with van der Waals surface area (Å²) >= 11 is 0. The van der Waals surface area contributed by atoms with Crippen LogP contribution in [0.2, 0.25) is 0 Å². The molecule has 0 unspecified atom stereocenters. The van der Waals surface area contributed by atoms with Crippen molar-refractivity contribution in [2.45, 2.75) is 11.4 Å². The first-order chi connectivity index (χ1) is 12.9. The number of nitrogens with one attached hydrogen (secondary N) is 1. The van der Waals surface area contributed by atoms with Gasteiger partial charge < -0.3 is 5.32 Å². The molecule has 1 fully saturated rings. The van der Waals surface area contributed by atoms with Crippen LogP contribution < -0.4 is 5.32 Å². The Balaban J connectivity index is 1.47. The number of anilines is 1. The van der Waals surface area contributed by atoms with Gasteiger partial charge in [-0.15, -0.1) is 0 Å². The van der Waals surface area contributed by atoms with Crippen molar-refractivity contribution in [3.63, 3.8) is 0 Å². The number of nitrogens with zero attached hydrogens (tertiary/aromatic N) is 2. The van der Waals surface area contributed by atoms with Crippen molar-refractivity contribution in [1.82, 2.24) is 9.21 Å². The Hall–Kier alpha value is -2.55. The molecule has 2 heterocycles. The van der Waals surface area contributed by atoms with E-state index in [1.807, 2.05) is 18.2 Å². The van der Waals surface area contributed by atoms with E-state index in [2.05, 4.69) is 22.3 Å². The monoisotopic (exact) mass is 385 g/mol. The smallest absolute Gasteiger partial charge is 0.296 e. The van der Waals surface area contributed by atoms with Crippen molar-refractivity contribution >= 4 is 27.4 Å². The lowest BCUT2D eigenvalue weighted by Crippen LogP contribution is -2.48. The highest BCUT2D eigenvalue weighted by atomic mass is 32.2. The molecule has 4 rings (SSSR count). The van der Waals surface area contributed by atoms with Gasteiger partial charge in [-0.05, 0) is 23.8 Å². The number of hydrogen-bond donors (Lipinski definition) is 1. The Morgan fingerprint density at radius 2 is 1.63 bits per heavy atom. The van der Waals surface area contributed by atoms with Crippen molar-refractivity contribution in [3.8, 4) is 0 Å². The summed E-state index contributed by atoms with van der Waals surface area (Å²) in [6.07, 6.45) is 0.